The van der Waals surface area contributed by atoms with Crippen molar-refractivity contribution in [1.82, 2.24) is 20.0 Å². The lowest BCUT2D eigenvalue weighted by molar-refractivity contribution is 0.102. The number of amides is 1. The van der Waals surface area contributed by atoms with Crippen LogP contribution in [0.15, 0.2) is 23.1 Å². The maximum absolute atomic E-state index is 12.8. The highest BCUT2D eigenvalue weighted by Crippen LogP contribution is 2.37. The molecule has 0 saturated carbocycles. The van der Waals surface area contributed by atoms with Crippen molar-refractivity contribution in [3.63, 3.8) is 0 Å². The van der Waals surface area contributed by atoms with Crippen LogP contribution in [0.2, 0.25) is 0 Å². The van der Waals surface area contributed by atoms with Crippen molar-refractivity contribution in [3.8, 4) is 5.82 Å². The Morgan fingerprint density at radius 3 is 2.81 bits per heavy atom. The largest absolute Gasteiger partial charge is 0.313 e. The number of anilines is 1. The van der Waals surface area contributed by atoms with E-state index >= 15 is 0 Å². The molecule has 0 bridgehead atoms. The molecule has 3 aromatic heterocycles. The van der Waals surface area contributed by atoms with Crippen molar-refractivity contribution in [2.45, 2.75) is 39.5 Å². The van der Waals surface area contributed by atoms with Gasteiger partial charge < -0.3 is 5.32 Å². The molecule has 26 heavy (non-hydrogen) atoms. The van der Waals surface area contributed by atoms with E-state index in [0.717, 1.165) is 17.8 Å². The third-order valence-corrected chi connectivity index (χ3v) is 6.11. The Kier molecular flexibility index (Phi) is 4.20. The minimum Gasteiger partial charge on any atom is -0.313 e. The van der Waals surface area contributed by atoms with Gasteiger partial charge in [0, 0.05) is 10.9 Å². The molecule has 7 nitrogen and oxygen atoms in total. The maximum atomic E-state index is 12.8. The van der Waals surface area contributed by atoms with Crippen molar-refractivity contribution < 1.29 is 4.79 Å². The van der Waals surface area contributed by atoms with Gasteiger partial charge in [0.15, 0.2) is 5.82 Å². The summed E-state index contributed by atoms with van der Waals surface area (Å²) in [6.07, 6.45) is 6.17. The van der Waals surface area contributed by atoms with Crippen LogP contribution < -0.4 is 10.9 Å². The number of nitrogens with one attached hydrogen (secondary N) is 2. The average molecular weight is 369 g/mol. The molecule has 0 atom stereocenters. The normalized spacial score (nSPS) is 13.5. The predicted molar refractivity (Wildman–Crippen MR) is 100 cm³/mol. The number of nitrogens with zero attached hydrogens (tertiary/aromatic N) is 3. The molecule has 3 heterocycles. The summed E-state index contributed by atoms with van der Waals surface area (Å²) in [5.41, 5.74) is 3.46. The van der Waals surface area contributed by atoms with Gasteiger partial charge >= 0.3 is 0 Å². The van der Waals surface area contributed by atoms with Crippen LogP contribution in [0.25, 0.3) is 5.82 Å². The Bertz CT molecular complexity index is 1030. The number of carbonyl (C=O) groups is 1. The molecule has 0 unspecified atom stereocenters. The van der Waals surface area contributed by atoms with Crippen LogP contribution in [-0.2, 0) is 12.8 Å². The molecular weight excluding hydrogens is 350 g/mol. The van der Waals surface area contributed by atoms with Crippen LogP contribution in [0.4, 0.5) is 5.00 Å². The first kappa shape index (κ1) is 16.7. The standard InChI is InChI=1S/C18H19N5O2S/c1-10-12-5-3-4-6-14(12)26-18(10)20-17(25)13-9-19-23(11(13)2)15-7-8-16(24)22-21-15/h7-9H,3-6H2,1-2H3,(H,20,25)(H,22,24). The summed E-state index contributed by atoms with van der Waals surface area (Å²) in [6.45, 7) is 3.89. The molecule has 0 radical (unpaired) electrons. The Hall–Kier alpha value is -2.74. The fourth-order valence-corrected chi connectivity index (χ4v) is 4.62. The second-order valence-electron chi connectivity index (χ2n) is 6.45. The number of H-pyrrole nitrogens is 1. The summed E-state index contributed by atoms with van der Waals surface area (Å²) < 4.78 is 1.54. The summed E-state index contributed by atoms with van der Waals surface area (Å²) in [5.74, 6) is 0.281. The lowest BCUT2D eigenvalue weighted by Gasteiger charge is -2.10. The molecule has 8 heteroatoms. The Balaban J connectivity index is 1.61. The molecule has 1 amide bonds. The van der Waals surface area contributed by atoms with Gasteiger partial charge in [0.2, 0.25) is 0 Å². The van der Waals surface area contributed by atoms with Crippen molar-refractivity contribution >= 4 is 22.2 Å². The number of hydrogen-bond acceptors (Lipinski definition) is 5. The van der Waals surface area contributed by atoms with Gasteiger partial charge in [0.1, 0.15) is 0 Å². The van der Waals surface area contributed by atoms with E-state index in [1.807, 2.05) is 0 Å². The monoisotopic (exact) mass is 369 g/mol. The number of aromatic nitrogens is 4. The molecule has 0 spiro atoms. The zero-order valence-electron chi connectivity index (χ0n) is 14.6. The van der Waals surface area contributed by atoms with Crippen LogP contribution in [0.1, 0.15) is 44.9 Å². The maximum Gasteiger partial charge on any atom is 0.264 e. The highest BCUT2D eigenvalue weighted by Gasteiger charge is 2.21. The zero-order chi connectivity index (χ0) is 18.3. The first-order chi connectivity index (χ1) is 12.5. The smallest absolute Gasteiger partial charge is 0.264 e. The molecule has 1 aliphatic carbocycles. The SMILES string of the molecule is Cc1c(NC(=O)c2cnn(-c3ccc(=O)[nH]n3)c2C)sc2c1CCCC2. The minimum atomic E-state index is -0.284. The highest BCUT2D eigenvalue weighted by atomic mass is 32.1. The molecule has 0 saturated heterocycles. The quantitative estimate of drug-likeness (QED) is 0.742. The van der Waals surface area contributed by atoms with Crippen molar-refractivity contribution in [3.05, 3.63) is 55.9 Å². The van der Waals surface area contributed by atoms with E-state index in [0.29, 0.717) is 17.1 Å². The topological polar surface area (TPSA) is 92.7 Å². The first-order valence-electron chi connectivity index (χ1n) is 8.58. The lowest BCUT2D eigenvalue weighted by Crippen LogP contribution is -2.14. The summed E-state index contributed by atoms with van der Waals surface area (Å²) in [4.78, 5) is 25.3. The molecular formula is C18H19N5O2S. The Morgan fingerprint density at radius 1 is 1.27 bits per heavy atom. The van der Waals surface area contributed by atoms with Gasteiger partial charge in [0.05, 0.1) is 22.5 Å². The number of thiophene rings is 1. The molecule has 4 rings (SSSR count). The molecule has 0 aromatic carbocycles. The third-order valence-electron chi connectivity index (χ3n) is 4.80. The van der Waals surface area contributed by atoms with Gasteiger partial charge in [-0.2, -0.15) is 10.2 Å². The minimum absolute atomic E-state index is 0.181. The van der Waals surface area contributed by atoms with Crippen molar-refractivity contribution in [2.75, 3.05) is 5.32 Å². The summed E-state index contributed by atoms with van der Waals surface area (Å²) in [6, 6.07) is 2.95. The van der Waals surface area contributed by atoms with E-state index in [-0.39, 0.29) is 11.5 Å². The summed E-state index contributed by atoms with van der Waals surface area (Å²) in [7, 11) is 0. The second kappa shape index (κ2) is 6.53. The average Bonchev–Trinajstić information content (AvgIpc) is 3.17. The van der Waals surface area contributed by atoms with Crippen LogP contribution >= 0.6 is 11.3 Å². The number of fused-ring (bicyclic) bond motifs is 1. The van der Waals surface area contributed by atoms with Gasteiger partial charge in [-0.05, 0) is 56.7 Å². The van der Waals surface area contributed by atoms with E-state index in [2.05, 4.69) is 27.5 Å². The predicted octanol–water partition coefficient (Wildman–Crippen LogP) is 2.77. The van der Waals surface area contributed by atoms with E-state index in [4.69, 9.17) is 0 Å². The van der Waals surface area contributed by atoms with E-state index in [1.165, 1.54) is 45.8 Å². The first-order valence-corrected chi connectivity index (χ1v) is 9.39. The fraction of sp³-hybridized carbons (Fsp3) is 0.333. The van der Waals surface area contributed by atoms with Gasteiger partial charge in [-0.15, -0.1) is 11.3 Å². The number of hydrogen-bond donors (Lipinski definition) is 2. The lowest BCUT2D eigenvalue weighted by atomic mass is 9.96. The summed E-state index contributed by atoms with van der Waals surface area (Å²) >= 11 is 1.68. The fourth-order valence-electron chi connectivity index (χ4n) is 3.33. The summed E-state index contributed by atoms with van der Waals surface area (Å²) in [5, 5.41) is 14.5. The van der Waals surface area contributed by atoms with Gasteiger partial charge in [0.25, 0.3) is 11.5 Å². The van der Waals surface area contributed by atoms with Crippen LogP contribution in [-0.4, -0.2) is 25.9 Å². The third kappa shape index (κ3) is 2.86. The van der Waals surface area contributed by atoms with E-state index in [9.17, 15) is 9.59 Å². The van der Waals surface area contributed by atoms with E-state index in [1.54, 1.807) is 24.3 Å². The molecule has 134 valence electrons. The molecule has 2 N–H and O–H groups in total. The number of rotatable bonds is 3. The Morgan fingerprint density at radius 2 is 2.08 bits per heavy atom. The van der Waals surface area contributed by atoms with Crippen LogP contribution in [0.5, 0.6) is 0 Å². The van der Waals surface area contributed by atoms with Gasteiger partial charge in [-0.1, -0.05) is 0 Å². The molecule has 0 aliphatic heterocycles. The zero-order valence-corrected chi connectivity index (χ0v) is 15.4. The molecule has 0 fully saturated rings. The number of aryl methyl sites for hydroxylation is 1. The Labute approximate surface area is 154 Å². The number of carbonyl (C=O) groups excluding carboxylic acids is 1. The van der Waals surface area contributed by atoms with Crippen molar-refractivity contribution in [1.29, 1.82) is 0 Å². The highest BCUT2D eigenvalue weighted by molar-refractivity contribution is 7.16. The molecule has 1 aliphatic rings. The number of aromatic amines is 1. The second-order valence-corrected chi connectivity index (χ2v) is 7.56. The van der Waals surface area contributed by atoms with Gasteiger partial charge in [-0.3, -0.25) is 9.59 Å². The van der Waals surface area contributed by atoms with E-state index < -0.39 is 0 Å². The van der Waals surface area contributed by atoms with Crippen molar-refractivity contribution in [2.24, 2.45) is 0 Å². The van der Waals surface area contributed by atoms with Crippen LogP contribution in [0.3, 0.4) is 0 Å². The molecule has 3 aromatic rings. The van der Waals surface area contributed by atoms with Gasteiger partial charge in [-0.25, -0.2) is 9.78 Å². The van der Waals surface area contributed by atoms with Crippen LogP contribution in [0, 0.1) is 13.8 Å².